The molecule has 1 atom stereocenters. The van der Waals surface area contributed by atoms with Crippen LogP contribution in [0.5, 0.6) is 0 Å². The van der Waals surface area contributed by atoms with Gasteiger partial charge in [0.05, 0.1) is 13.2 Å². The number of benzene rings is 2. The minimum Gasteiger partial charge on any atom is -0.347 e. The number of hydrogen-bond acceptors (Lipinski definition) is 4. The van der Waals surface area contributed by atoms with Crippen molar-refractivity contribution in [2.45, 2.75) is 45.1 Å². The van der Waals surface area contributed by atoms with E-state index in [2.05, 4.69) is 60.4 Å². The molecule has 0 aromatic heterocycles. The minimum atomic E-state index is -0.562. The van der Waals surface area contributed by atoms with Crippen LogP contribution in [0.1, 0.15) is 37.3 Å². The maximum Gasteiger partial charge on any atom is 0.169 e. The number of rotatable bonds is 6. The van der Waals surface area contributed by atoms with Gasteiger partial charge in [-0.1, -0.05) is 67.6 Å². The van der Waals surface area contributed by atoms with Crippen molar-refractivity contribution in [1.29, 1.82) is 0 Å². The van der Waals surface area contributed by atoms with Gasteiger partial charge in [0, 0.05) is 44.3 Å². The summed E-state index contributed by atoms with van der Waals surface area (Å²) in [6.07, 6.45) is 1.85. The van der Waals surface area contributed by atoms with Crippen molar-refractivity contribution in [2.75, 3.05) is 19.8 Å². The van der Waals surface area contributed by atoms with Gasteiger partial charge < -0.3 is 9.47 Å². The van der Waals surface area contributed by atoms with Gasteiger partial charge in [0.25, 0.3) is 0 Å². The molecule has 28 heavy (non-hydrogen) atoms. The highest BCUT2D eigenvalue weighted by Crippen LogP contribution is 2.44. The first-order valence-corrected chi connectivity index (χ1v) is 10.2. The first-order chi connectivity index (χ1) is 13.6. The van der Waals surface area contributed by atoms with Crippen molar-refractivity contribution in [1.82, 2.24) is 4.90 Å². The molecule has 0 radical (unpaired) electrons. The average Bonchev–Trinajstić information content (AvgIpc) is 3.14. The van der Waals surface area contributed by atoms with Crippen molar-refractivity contribution in [3.8, 4) is 0 Å². The van der Waals surface area contributed by atoms with Crippen LogP contribution >= 0.6 is 0 Å². The zero-order chi connectivity index (χ0) is 19.5. The molecule has 148 valence electrons. The Balaban J connectivity index is 1.55. The molecular weight excluding hydrogens is 350 g/mol. The highest BCUT2D eigenvalue weighted by Gasteiger charge is 2.51. The molecule has 2 fully saturated rings. The number of ether oxygens (including phenoxy) is 2. The van der Waals surface area contributed by atoms with Crippen LogP contribution in [0.3, 0.4) is 0 Å². The second-order valence-electron chi connectivity index (χ2n) is 8.38. The van der Waals surface area contributed by atoms with Gasteiger partial charge in [0.2, 0.25) is 0 Å². The van der Waals surface area contributed by atoms with E-state index in [1.165, 1.54) is 11.1 Å². The van der Waals surface area contributed by atoms with Gasteiger partial charge in [-0.05, 0) is 11.1 Å². The zero-order valence-corrected chi connectivity index (χ0v) is 16.6. The van der Waals surface area contributed by atoms with Crippen LogP contribution in [0.25, 0.3) is 0 Å². The predicted molar refractivity (Wildman–Crippen MR) is 109 cm³/mol. The Bertz CT molecular complexity index is 745. The van der Waals surface area contributed by atoms with E-state index < -0.39 is 11.2 Å². The first kappa shape index (κ1) is 19.3. The van der Waals surface area contributed by atoms with E-state index in [1.54, 1.807) is 0 Å². The summed E-state index contributed by atoms with van der Waals surface area (Å²) in [6, 6.07) is 20.9. The van der Waals surface area contributed by atoms with E-state index >= 15 is 0 Å². The normalized spacial score (nSPS) is 24.1. The maximum absolute atomic E-state index is 13.0. The molecule has 2 aromatic rings. The van der Waals surface area contributed by atoms with Crippen LogP contribution in [-0.2, 0) is 27.4 Å². The summed E-state index contributed by atoms with van der Waals surface area (Å²) < 4.78 is 11.9. The molecular formula is C24H29NO3. The van der Waals surface area contributed by atoms with E-state index in [9.17, 15) is 4.79 Å². The van der Waals surface area contributed by atoms with Crippen molar-refractivity contribution in [3.05, 3.63) is 71.8 Å². The highest BCUT2D eigenvalue weighted by atomic mass is 16.7. The number of carbonyl (C=O) groups excluding carboxylic acids is 1. The molecule has 1 unspecified atom stereocenters. The molecule has 4 heteroatoms. The van der Waals surface area contributed by atoms with Crippen LogP contribution < -0.4 is 0 Å². The molecule has 1 saturated carbocycles. The van der Waals surface area contributed by atoms with Gasteiger partial charge >= 0.3 is 0 Å². The third-order valence-electron chi connectivity index (χ3n) is 5.95. The second kappa shape index (κ2) is 8.16. The lowest BCUT2D eigenvalue weighted by molar-refractivity contribution is -0.202. The molecule has 2 aliphatic rings. The number of carbonyl (C=O) groups is 1. The number of Topliss-reactive ketones (excluding diaryl/α,β-unsaturated/α-hetero) is 1. The smallest absolute Gasteiger partial charge is 0.169 e. The molecule has 1 aliphatic carbocycles. The van der Waals surface area contributed by atoms with E-state index in [4.69, 9.17) is 9.47 Å². The predicted octanol–water partition coefficient (Wildman–Crippen LogP) is 4.19. The number of ketones is 1. The van der Waals surface area contributed by atoms with Crippen LogP contribution in [0, 0.1) is 5.41 Å². The lowest BCUT2D eigenvalue weighted by Gasteiger charge is -2.44. The summed E-state index contributed by atoms with van der Waals surface area (Å²) in [4.78, 5) is 15.3. The Kier molecular flexibility index (Phi) is 5.63. The standard InChI is InChI=1S/C24H29NO3/c1-23(18-24(13-12-22(23)26)27-14-15-28-24)19-25(16-20-8-4-2-5-9-20)17-21-10-6-3-7-11-21/h2-11H,12-19H2,1H3. The topological polar surface area (TPSA) is 38.8 Å². The molecule has 4 rings (SSSR count). The Morgan fingerprint density at radius 2 is 1.43 bits per heavy atom. The third-order valence-corrected chi connectivity index (χ3v) is 5.95. The van der Waals surface area contributed by atoms with Crippen molar-refractivity contribution < 1.29 is 14.3 Å². The fourth-order valence-corrected chi connectivity index (χ4v) is 4.62. The lowest BCUT2D eigenvalue weighted by Crippen LogP contribution is -2.51. The molecule has 1 saturated heterocycles. The van der Waals surface area contributed by atoms with E-state index in [0.29, 0.717) is 44.8 Å². The fourth-order valence-electron chi connectivity index (χ4n) is 4.62. The average molecular weight is 380 g/mol. The monoisotopic (exact) mass is 379 g/mol. The second-order valence-corrected chi connectivity index (χ2v) is 8.38. The summed E-state index contributed by atoms with van der Waals surface area (Å²) >= 11 is 0. The summed E-state index contributed by atoms with van der Waals surface area (Å²) in [5.74, 6) is -0.239. The Morgan fingerprint density at radius 1 is 0.893 bits per heavy atom. The molecule has 1 spiro atoms. The number of hydrogen-bond donors (Lipinski definition) is 0. The van der Waals surface area contributed by atoms with Crippen LogP contribution in [-0.4, -0.2) is 36.2 Å². The van der Waals surface area contributed by atoms with Crippen LogP contribution in [0.2, 0.25) is 0 Å². The molecule has 0 N–H and O–H groups in total. The van der Waals surface area contributed by atoms with Gasteiger partial charge in [-0.3, -0.25) is 9.69 Å². The maximum atomic E-state index is 13.0. The molecule has 0 bridgehead atoms. The Morgan fingerprint density at radius 3 is 1.96 bits per heavy atom. The summed E-state index contributed by atoms with van der Waals surface area (Å²) in [7, 11) is 0. The van der Waals surface area contributed by atoms with Crippen LogP contribution in [0.4, 0.5) is 0 Å². The summed E-state index contributed by atoms with van der Waals surface area (Å²) in [5.41, 5.74) is 2.05. The third kappa shape index (κ3) is 4.35. The zero-order valence-electron chi connectivity index (χ0n) is 16.6. The molecule has 4 nitrogen and oxygen atoms in total. The molecule has 1 aliphatic heterocycles. The Labute approximate surface area is 167 Å². The van der Waals surface area contributed by atoms with Gasteiger partial charge in [-0.25, -0.2) is 0 Å². The lowest BCUT2D eigenvalue weighted by atomic mass is 9.71. The Hall–Kier alpha value is -2.01. The minimum absolute atomic E-state index is 0.323. The van der Waals surface area contributed by atoms with E-state index in [0.717, 1.165) is 13.1 Å². The largest absolute Gasteiger partial charge is 0.347 e. The van der Waals surface area contributed by atoms with Crippen molar-refractivity contribution in [2.24, 2.45) is 5.41 Å². The van der Waals surface area contributed by atoms with E-state index in [1.807, 2.05) is 12.1 Å². The van der Waals surface area contributed by atoms with Gasteiger partial charge in [0.1, 0.15) is 5.78 Å². The van der Waals surface area contributed by atoms with Crippen molar-refractivity contribution >= 4 is 5.78 Å². The van der Waals surface area contributed by atoms with Gasteiger partial charge in [-0.15, -0.1) is 0 Å². The first-order valence-electron chi connectivity index (χ1n) is 10.2. The highest BCUT2D eigenvalue weighted by molar-refractivity contribution is 5.85. The molecule has 0 amide bonds. The molecule has 1 heterocycles. The number of nitrogens with zero attached hydrogens (tertiary/aromatic N) is 1. The SMILES string of the molecule is CC1(CN(Cc2ccccc2)Cc2ccccc2)CC2(CCC1=O)OCCO2. The summed E-state index contributed by atoms with van der Waals surface area (Å²) in [6.45, 7) is 5.67. The van der Waals surface area contributed by atoms with Crippen LogP contribution in [0.15, 0.2) is 60.7 Å². The quantitative estimate of drug-likeness (QED) is 0.754. The van der Waals surface area contributed by atoms with Crippen molar-refractivity contribution in [3.63, 3.8) is 0 Å². The summed E-state index contributed by atoms with van der Waals surface area (Å²) in [5, 5.41) is 0. The van der Waals surface area contributed by atoms with E-state index in [-0.39, 0.29) is 0 Å². The van der Waals surface area contributed by atoms with Gasteiger partial charge in [-0.2, -0.15) is 0 Å². The van der Waals surface area contributed by atoms with Gasteiger partial charge in [0.15, 0.2) is 5.79 Å². The molecule has 2 aromatic carbocycles. The fraction of sp³-hybridized carbons (Fsp3) is 0.458.